The average Bonchev–Trinajstić information content (AvgIpc) is 2.56. The van der Waals surface area contributed by atoms with Crippen LogP contribution in [0.4, 0.5) is 0 Å². The summed E-state index contributed by atoms with van der Waals surface area (Å²) < 4.78 is 15.6. The largest absolute Gasteiger partial charge is 0.454 e. The third-order valence-corrected chi connectivity index (χ3v) is 3.70. The van der Waals surface area contributed by atoms with Crippen LogP contribution in [0.5, 0.6) is 5.75 Å². The van der Waals surface area contributed by atoms with Crippen LogP contribution in [-0.4, -0.2) is 57.7 Å². The Bertz CT molecular complexity index is 740. The normalized spacial score (nSPS) is 31.2. The van der Waals surface area contributed by atoms with Crippen molar-refractivity contribution in [1.29, 1.82) is 0 Å². The third-order valence-electron chi connectivity index (χ3n) is 3.70. The molecule has 0 unspecified atom stereocenters. The minimum Gasteiger partial charge on any atom is -0.454 e. The number of fused-ring (bicyclic) bond motifs is 1. The number of hydrogen-bond donors (Lipinski definition) is 4. The summed E-state index contributed by atoms with van der Waals surface area (Å²) in [5.41, 5.74) is -0.403. The van der Waals surface area contributed by atoms with E-state index in [1.807, 2.05) is 0 Å². The SMILES string of the molecule is O=c1oc2ccccc2cc1O[C@@H]1O[C@H](CO)[C@@H](O)[C@H](O)[C@H]1O. The van der Waals surface area contributed by atoms with E-state index < -0.39 is 42.9 Å². The zero-order valence-corrected chi connectivity index (χ0v) is 11.9. The van der Waals surface area contributed by atoms with E-state index >= 15 is 0 Å². The Morgan fingerprint density at radius 1 is 1.09 bits per heavy atom. The van der Waals surface area contributed by atoms with E-state index in [0.29, 0.717) is 11.0 Å². The maximum absolute atomic E-state index is 11.9. The van der Waals surface area contributed by atoms with E-state index in [0.717, 1.165) is 0 Å². The van der Waals surface area contributed by atoms with Crippen molar-refractivity contribution in [3.63, 3.8) is 0 Å². The smallest absolute Gasteiger partial charge is 0.379 e. The molecule has 0 saturated carbocycles. The van der Waals surface area contributed by atoms with E-state index in [-0.39, 0.29) is 5.75 Å². The molecule has 1 aromatic carbocycles. The second-order valence-corrected chi connectivity index (χ2v) is 5.25. The zero-order chi connectivity index (χ0) is 16.6. The summed E-state index contributed by atoms with van der Waals surface area (Å²) in [6.07, 6.45) is -7.24. The number of aliphatic hydroxyl groups excluding tert-OH is 4. The van der Waals surface area contributed by atoms with Gasteiger partial charge in [0.05, 0.1) is 6.61 Å². The summed E-state index contributed by atoms with van der Waals surface area (Å²) in [7, 11) is 0. The lowest BCUT2D eigenvalue weighted by Crippen LogP contribution is -2.60. The van der Waals surface area contributed by atoms with E-state index in [4.69, 9.17) is 19.0 Å². The maximum atomic E-state index is 11.9. The summed E-state index contributed by atoms with van der Waals surface area (Å²) >= 11 is 0. The molecule has 0 spiro atoms. The number of hydrogen-bond acceptors (Lipinski definition) is 8. The van der Waals surface area contributed by atoms with Crippen molar-refractivity contribution in [2.75, 3.05) is 6.61 Å². The summed E-state index contributed by atoms with van der Waals surface area (Å²) in [4.78, 5) is 11.9. The van der Waals surface area contributed by atoms with Crippen molar-refractivity contribution in [1.82, 2.24) is 0 Å². The van der Waals surface area contributed by atoms with Gasteiger partial charge in [-0.25, -0.2) is 4.79 Å². The first-order valence-corrected chi connectivity index (χ1v) is 7.01. The summed E-state index contributed by atoms with van der Waals surface area (Å²) in [6.45, 7) is -0.586. The van der Waals surface area contributed by atoms with E-state index in [2.05, 4.69) is 0 Å². The first-order chi connectivity index (χ1) is 11.0. The second kappa shape index (κ2) is 6.26. The molecule has 4 N–H and O–H groups in total. The third kappa shape index (κ3) is 2.94. The molecule has 1 fully saturated rings. The van der Waals surface area contributed by atoms with Crippen LogP contribution in [-0.2, 0) is 4.74 Å². The second-order valence-electron chi connectivity index (χ2n) is 5.25. The van der Waals surface area contributed by atoms with E-state index in [9.17, 15) is 20.1 Å². The molecule has 0 amide bonds. The van der Waals surface area contributed by atoms with Crippen molar-refractivity contribution < 1.29 is 34.3 Å². The molecule has 1 aromatic heterocycles. The molecule has 3 rings (SSSR count). The Morgan fingerprint density at radius 2 is 1.83 bits per heavy atom. The lowest BCUT2D eigenvalue weighted by Gasteiger charge is -2.39. The van der Waals surface area contributed by atoms with Gasteiger partial charge in [-0.15, -0.1) is 0 Å². The Labute approximate surface area is 130 Å². The highest BCUT2D eigenvalue weighted by atomic mass is 16.7. The van der Waals surface area contributed by atoms with Crippen molar-refractivity contribution in [2.45, 2.75) is 30.7 Å². The Balaban J connectivity index is 1.88. The number of aliphatic hydroxyl groups is 4. The molecular formula is C15H16O8. The lowest BCUT2D eigenvalue weighted by atomic mass is 9.99. The monoisotopic (exact) mass is 324 g/mol. The molecule has 8 heteroatoms. The Hall–Kier alpha value is -1.97. The van der Waals surface area contributed by atoms with Crippen molar-refractivity contribution in [2.24, 2.45) is 0 Å². The van der Waals surface area contributed by atoms with Gasteiger partial charge in [0.1, 0.15) is 30.0 Å². The maximum Gasteiger partial charge on any atom is 0.379 e. The topological polar surface area (TPSA) is 130 Å². The molecule has 1 aliphatic heterocycles. The van der Waals surface area contributed by atoms with Gasteiger partial charge < -0.3 is 34.3 Å². The van der Waals surface area contributed by atoms with Gasteiger partial charge in [0.15, 0.2) is 0 Å². The van der Waals surface area contributed by atoms with Gasteiger partial charge >= 0.3 is 5.63 Å². The number of ether oxygens (including phenoxy) is 2. The summed E-state index contributed by atoms with van der Waals surface area (Å²) in [5.74, 6) is -0.215. The molecule has 0 aliphatic carbocycles. The molecule has 0 bridgehead atoms. The van der Waals surface area contributed by atoms with Crippen molar-refractivity contribution in [3.8, 4) is 5.75 Å². The van der Waals surface area contributed by atoms with Crippen LogP contribution in [0, 0.1) is 0 Å². The Kier molecular flexibility index (Phi) is 4.33. The molecule has 5 atom stereocenters. The zero-order valence-electron chi connectivity index (χ0n) is 11.9. The average molecular weight is 324 g/mol. The van der Waals surface area contributed by atoms with Crippen LogP contribution in [0.2, 0.25) is 0 Å². The summed E-state index contributed by atoms with van der Waals surface area (Å²) in [5, 5.41) is 39.1. The van der Waals surface area contributed by atoms with Gasteiger partial charge in [-0.2, -0.15) is 0 Å². The Morgan fingerprint density at radius 3 is 2.57 bits per heavy atom. The number of benzene rings is 1. The van der Waals surface area contributed by atoms with Crippen LogP contribution >= 0.6 is 0 Å². The van der Waals surface area contributed by atoms with E-state index in [1.165, 1.54) is 6.07 Å². The standard InChI is InChI=1S/C15H16O8/c16-6-10-11(17)12(18)13(19)15(23-10)22-9-5-7-3-1-2-4-8(7)21-14(9)20/h1-5,10-13,15-19H,6H2/t10-,11-,12+,13-,15-/m1/s1. The fraction of sp³-hybridized carbons (Fsp3) is 0.400. The highest BCUT2D eigenvalue weighted by molar-refractivity contribution is 5.77. The van der Waals surface area contributed by atoms with Crippen LogP contribution in [0.1, 0.15) is 0 Å². The summed E-state index contributed by atoms with van der Waals surface area (Å²) in [6, 6.07) is 8.21. The van der Waals surface area contributed by atoms with Crippen LogP contribution in [0.25, 0.3) is 11.0 Å². The molecule has 1 aliphatic rings. The molecular weight excluding hydrogens is 308 g/mol. The van der Waals surface area contributed by atoms with Gasteiger partial charge in [0.2, 0.25) is 12.0 Å². The predicted octanol–water partition coefficient (Wildman–Crippen LogP) is -1.03. The first-order valence-electron chi connectivity index (χ1n) is 7.01. The van der Waals surface area contributed by atoms with Crippen molar-refractivity contribution in [3.05, 3.63) is 40.8 Å². The first kappa shape index (κ1) is 15.9. The van der Waals surface area contributed by atoms with Crippen LogP contribution in [0.15, 0.2) is 39.5 Å². The minimum absolute atomic E-state index is 0.215. The van der Waals surface area contributed by atoms with Gasteiger partial charge in [-0.1, -0.05) is 18.2 Å². The predicted molar refractivity (Wildman–Crippen MR) is 76.9 cm³/mol. The van der Waals surface area contributed by atoms with E-state index in [1.54, 1.807) is 24.3 Å². The molecule has 23 heavy (non-hydrogen) atoms. The number of rotatable bonds is 3. The fourth-order valence-electron chi connectivity index (χ4n) is 2.42. The van der Waals surface area contributed by atoms with Crippen LogP contribution < -0.4 is 10.4 Å². The van der Waals surface area contributed by atoms with Crippen LogP contribution in [0.3, 0.4) is 0 Å². The molecule has 8 nitrogen and oxygen atoms in total. The van der Waals surface area contributed by atoms with Gasteiger partial charge in [-0.3, -0.25) is 0 Å². The molecule has 2 aromatic rings. The van der Waals surface area contributed by atoms with Gasteiger partial charge in [-0.05, 0) is 12.1 Å². The highest BCUT2D eigenvalue weighted by Gasteiger charge is 2.45. The molecule has 0 radical (unpaired) electrons. The van der Waals surface area contributed by atoms with Gasteiger partial charge in [0.25, 0.3) is 0 Å². The minimum atomic E-state index is -1.60. The lowest BCUT2D eigenvalue weighted by molar-refractivity contribution is -0.277. The molecule has 1 saturated heterocycles. The highest BCUT2D eigenvalue weighted by Crippen LogP contribution is 2.24. The molecule has 124 valence electrons. The quantitative estimate of drug-likeness (QED) is 0.528. The van der Waals surface area contributed by atoms with Gasteiger partial charge in [0, 0.05) is 5.39 Å². The molecule has 2 heterocycles. The number of para-hydroxylation sites is 1. The fourth-order valence-corrected chi connectivity index (χ4v) is 2.42. The van der Waals surface area contributed by atoms with Crippen molar-refractivity contribution >= 4 is 11.0 Å².